The lowest BCUT2D eigenvalue weighted by Gasteiger charge is -2.55. The fourth-order valence-corrected chi connectivity index (χ4v) is 7.70. The first kappa shape index (κ1) is 17.8. The van der Waals surface area contributed by atoms with Crippen LogP contribution in [0.3, 0.4) is 0 Å². The van der Waals surface area contributed by atoms with Crippen molar-refractivity contribution in [3.05, 3.63) is 23.8 Å². The van der Waals surface area contributed by atoms with E-state index >= 15 is 0 Å². The number of ketones is 2. The summed E-state index contributed by atoms with van der Waals surface area (Å²) in [5, 5.41) is 21.0. The predicted octanol–water partition coefficient (Wildman–Crippen LogP) is 1.96. The largest absolute Gasteiger partial charge is 0.388 e. The van der Waals surface area contributed by atoms with Gasteiger partial charge in [0.2, 0.25) is 0 Å². The van der Waals surface area contributed by atoms with Crippen molar-refractivity contribution in [1.29, 1.82) is 0 Å². The number of rotatable bonds is 2. The predicted molar refractivity (Wildman–Crippen MR) is 97.7 cm³/mol. The molecule has 0 aromatic carbocycles. The van der Waals surface area contributed by atoms with Crippen LogP contribution < -0.4 is 0 Å². The third-order valence-electron chi connectivity index (χ3n) is 9.08. The molecule has 5 rings (SSSR count). The van der Waals surface area contributed by atoms with Gasteiger partial charge in [-0.25, -0.2) is 0 Å². The molecule has 4 fully saturated rings. The smallest absolute Gasteiger partial charge is 0.190 e. The maximum absolute atomic E-state index is 12.6. The summed E-state index contributed by atoms with van der Waals surface area (Å²) in [6.45, 7) is 5.51. The van der Waals surface area contributed by atoms with Gasteiger partial charge >= 0.3 is 0 Å². The summed E-state index contributed by atoms with van der Waals surface area (Å²) in [6.07, 6.45) is 8.58. The Balaban J connectivity index is 1.60. The quantitative estimate of drug-likeness (QED) is 0.724. The van der Waals surface area contributed by atoms with Crippen molar-refractivity contribution in [2.24, 2.45) is 28.6 Å². The number of aliphatic hydroxyl groups excluding tert-OH is 1. The molecule has 8 atom stereocenters. The molecule has 1 unspecified atom stereocenters. The van der Waals surface area contributed by atoms with Crippen molar-refractivity contribution in [2.75, 3.05) is 6.61 Å². The second-order valence-electron chi connectivity index (χ2n) is 9.86. The van der Waals surface area contributed by atoms with Gasteiger partial charge in [0, 0.05) is 10.8 Å². The topological polar surface area (TPSA) is 87.1 Å². The lowest BCUT2D eigenvalue weighted by Crippen LogP contribution is -2.62. The van der Waals surface area contributed by atoms with Crippen molar-refractivity contribution in [3.63, 3.8) is 0 Å². The zero-order chi connectivity index (χ0) is 19.4. The molecule has 146 valence electrons. The lowest BCUT2D eigenvalue weighted by molar-refractivity contribution is -0.165. The van der Waals surface area contributed by atoms with E-state index < -0.39 is 23.4 Å². The summed E-state index contributed by atoms with van der Waals surface area (Å²) in [5.41, 5.74) is -1.55. The van der Waals surface area contributed by atoms with Crippen molar-refractivity contribution < 1.29 is 24.5 Å². The molecule has 5 heteroatoms. The van der Waals surface area contributed by atoms with Crippen molar-refractivity contribution in [1.82, 2.24) is 0 Å². The number of fused-ring (bicyclic) bond motifs is 3. The van der Waals surface area contributed by atoms with Crippen LogP contribution in [-0.4, -0.2) is 45.7 Å². The number of carbonyl (C=O) groups is 2. The molecule has 1 saturated heterocycles. The van der Waals surface area contributed by atoms with Crippen molar-refractivity contribution in [2.45, 2.75) is 63.8 Å². The number of epoxide rings is 1. The van der Waals surface area contributed by atoms with Gasteiger partial charge in [-0.05, 0) is 62.5 Å². The molecule has 4 aliphatic carbocycles. The van der Waals surface area contributed by atoms with Crippen molar-refractivity contribution in [3.8, 4) is 0 Å². The molecule has 0 bridgehead atoms. The van der Waals surface area contributed by atoms with Crippen LogP contribution in [-0.2, 0) is 14.3 Å². The van der Waals surface area contributed by atoms with Gasteiger partial charge in [0.25, 0.3) is 0 Å². The van der Waals surface area contributed by atoms with Crippen LogP contribution in [0.1, 0.15) is 46.5 Å². The zero-order valence-corrected chi connectivity index (χ0v) is 16.2. The van der Waals surface area contributed by atoms with E-state index in [1.165, 1.54) is 0 Å². The fourth-order valence-electron chi connectivity index (χ4n) is 7.70. The summed E-state index contributed by atoms with van der Waals surface area (Å²) >= 11 is 0. The summed E-state index contributed by atoms with van der Waals surface area (Å²) in [5.74, 6) is -0.193. The molecule has 1 aliphatic heterocycles. The van der Waals surface area contributed by atoms with Gasteiger partial charge in [-0.1, -0.05) is 25.5 Å². The minimum Gasteiger partial charge on any atom is -0.388 e. The highest BCUT2D eigenvalue weighted by atomic mass is 16.6. The Kier molecular flexibility index (Phi) is 3.29. The first-order valence-electron chi connectivity index (χ1n) is 10.1. The van der Waals surface area contributed by atoms with Gasteiger partial charge in [0.05, 0.1) is 6.10 Å². The lowest BCUT2D eigenvalue weighted by atomic mass is 9.46. The average Bonchev–Trinajstić information content (AvgIpc) is 3.31. The molecule has 0 aromatic heterocycles. The summed E-state index contributed by atoms with van der Waals surface area (Å²) < 4.78 is 6.43. The van der Waals surface area contributed by atoms with E-state index in [4.69, 9.17) is 4.74 Å². The van der Waals surface area contributed by atoms with Gasteiger partial charge in [0.1, 0.15) is 17.8 Å². The number of ether oxygens (including phenoxy) is 1. The highest BCUT2D eigenvalue weighted by Gasteiger charge is 2.81. The molecule has 0 amide bonds. The monoisotopic (exact) mass is 372 g/mol. The number of Topliss-reactive ketones (excluding diaryl/α,β-unsaturated/α-hetero) is 1. The molecule has 0 aromatic rings. The number of hydrogen-bond acceptors (Lipinski definition) is 5. The summed E-state index contributed by atoms with van der Waals surface area (Å²) in [6, 6.07) is 0. The van der Waals surface area contributed by atoms with E-state index in [0.29, 0.717) is 6.42 Å². The molecule has 3 saturated carbocycles. The molecule has 1 heterocycles. The average molecular weight is 372 g/mol. The van der Waals surface area contributed by atoms with E-state index in [0.717, 1.165) is 24.8 Å². The Labute approximate surface area is 159 Å². The van der Waals surface area contributed by atoms with Crippen LogP contribution in [0, 0.1) is 28.6 Å². The Hall–Kier alpha value is -1.30. The highest BCUT2D eigenvalue weighted by Crippen LogP contribution is 2.76. The van der Waals surface area contributed by atoms with Gasteiger partial charge in [-0.2, -0.15) is 0 Å². The molecule has 1 spiro atoms. The second kappa shape index (κ2) is 5.00. The van der Waals surface area contributed by atoms with E-state index in [1.54, 1.807) is 12.2 Å². The zero-order valence-electron chi connectivity index (χ0n) is 16.2. The Morgan fingerprint density at radius 3 is 2.78 bits per heavy atom. The van der Waals surface area contributed by atoms with Crippen LogP contribution in [0.25, 0.3) is 0 Å². The van der Waals surface area contributed by atoms with E-state index in [1.807, 2.05) is 19.9 Å². The van der Waals surface area contributed by atoms with Crippen LogP contribution in [0.2, 0.25) is 0 Å². The molecular formula is C22H28O5. The fraction of sp³-hybridized carbons (Fsp3) is 0.727. The maximum Gasteiger partial charge on any atom is 0.190 e. The van der Waals surface area contributed by atoms with Crippen LogP contribution >= 0.6 is 0 Å². The van der Waals surface area contributed by atoms with Gasteiger partial charge in [-0.15, -0.1) is 0 Å². The van der Waals surface area contributed by atoms with Crippen LogP contribution in [0.4, 0.5) is 0 Å². The summed E-state index contributed by atoms with van der Waals surface area (Å²) in [7, 11) is 0. The third kappa shape index (κ3) is 1.73. The molecular weight excluding hydrogens is 344 g/mol. The SMILES string of the molecule is CC1C[C@@H]2[C@H]3CCC4=CC(=O)C=C[C@]4(C)[C@@]34O[C@@H]4C[C@]2(C)[C@@]1(O)C(=O)CO. The van der Waals surface area contributed by atoms with Crippen molar-refractivity contribution >= 4 is 11.6 Å². The van der Waals surface area contributed by atoms with Gasteiger partial charge < -0.3 is 14.9 Å². The Morgan fingerprint density at radius 1 is 1.33 bits per heavy atom. The Morgan fingerprint density at radius 2 is 2.07 bits per heavy atom. The van der Waals surface area contributed by atoms with Crippen LogP contribution in [0.15, 0.2) is 23.8 Å². The second-order valence-corrected chi connectivity index (χ2v) is 9.86. The molecule has 5 nitrogen and oxygen atoms in total. The first-order chi connectivity index (χ1) is 12.6. The standard InChI is InChI=1S/C22H28O5/c1-12-8-16-15-5-4-13-9-14(24)6-7-19(13,2)22(15)18(27-22)10-20(16,3)21(12,26)17(25)11-23/h6-7,9,12,15-16,18,23,26H,4-5,8,10-11H2,1-3H3/t12?,15-,16-,18-,19+,20+,21+,22-/m1/s1. The van der Waals surface area contributed by atoms with Gasteiger partial charge in [-0.3, -0.25) is 9.59 Å². The van der Waals surface area contributed by atoms with Gasteiger partial charge in [0.15, 0.2) is 11.6 Å². The van der Waals surface area contributed by atoms with E-state index in [-0.39, 0.29) is 40.7 Å². The minimum absolute atomic E-state index is 0.0291. The van der Waals surface area contributed by atoms with E-state index in [9.17, 15) is 19.8 Å². The molecule has 5 aliphatic rings. The number of allylic oxidation sites excluding steroid dienone is 2. The van der Waals surface area contributed by atoms with Crippen LogP contribution in [0.5, 0.6) is 0 Å². The van der Waals surface area contributed by atoms with E-state index in [2.05, 4.69) is 6.92 Å². The normalized spacial score (nSPS) is 55.1. The molecule has 2 N–H and O–H groups in total. The first-order valence-corrected chi connectivity index (χ1v) is 10.1. The highest BCUT2D eigenvalue weighted by molar-refractivity contribution is 6.01. The number of hydrogen-bond donors (Lipinski definition) is 2. The maximum atomic E-state index is 12.6. The Bertz CT molecular complexity index is 814. The molecule has 0 radical (unpaired) electrons. The summed E-state index contributed by atoms with van der Waals surface area (Å²) in [4.78, 5) is 24.5. The third-order valence-corrected chi connectivity index (χ3v) is 9.08. The minimum atomic E-state index is -1.50. The number of aliphatic hydroxyl groups is 2. The number of carbonyl (C=O) groups excluding carboxylic acids is 2. The molecule has 27 heavy (non-hydrogen) atoms.